The van der Waals surface area contributed by atoms with Crippen LogP contribution in [0.2, 0.25) is 0 Å². The number of benzene rings is 1. The minimum atomic E-state index is -0.103. The summed E-state index contributed by atoms with van der Waals surface area (Å²) in [4.78, 5) is 11.3. The quantitative estimate of drug-likeness (QED) is 0.737. The molecule has 1 aromatic rings. The van der Waals surface area contributed by atoms with Gasteiger partial charge in [0.1, 0.15) is 12.4 Å². The Morgan fingerprint density at radius 2 is 2.00 bits per heavy atom. The van der Waals surface area contributed by atoms with E-state index >= 15 is 0 Å². The van der Waals surface area contributed by atoms with E-state index < -0.39 is 0 Å². The zero-order chi connectivity index (χ0) is 11.9. The molecule has 2 N–H and O–H groups in total. The van der Waals surface area contributed by atoms with E-state index in [2.05, 4.69) is 10.6 Å². The zero-order valence-corrected chi connectivity index (χ0v) is 9.82. The number of urea groups is 1. The third kappa shape index (κ3) is 4.76. The number of hydrogen-bond acceptors (Lipinski definition) is 2. The van der Waals surface area contributed by atoms with Crippen molar-refractivity contribution in [1.82, 2.24) is 10.6 Å². The monoisotopic (exact) mass is 234 g/mol. The van der Waals surface area contributed by atoms with Crippen LogP contribution in [0.15, 0.2) is 30.3 Å². The lowest BCUT2D eigenvalue weighted by Gasteiger charge is -2.08. The van der Waals surface area contributed by atoms with Crippen LogP contribution in [0.3, 0.4) is 0 Å². The van der Waals surface area contributed by atoms with Gasteiger partial charge in [-0.25, -0.2) is 4.79 Å². The largest absolute Gasteiger partial charge is 0.492 e. The molecule has 0 spiro atoms. The van der Waals surface area contributed by atoms with Crippen molar-refractivity contribution in [1.29, 1.82) is 0 Å². The molecule has 2 rings (SSSR count). The lowest BCUT2D eigenvalue weighted by Crippen LogP contribution is -2.38. The van der Waals surface area contributed by atoms with Crippen LogP contribution in [-0.2, 0) is 0 Å². The fourth-order valence-electron chi connectivity index (χ4n) is 1.47. The maximum absolute atomic E-state index is 11.3. The van der Waals surface area contributed by atoms with Gasteiger partial charge in [-0.3, -0.25) is 0 Å². The van der Waals surface area contributed by atoms with E-state index in [1.54, 1.807) is 0 Å². The molecule has 0 radical (unpaired) electrons. The van der Waals surface area contributed by atoms with E-state index in [0.717, 1.165) is 12.3 Å². The molecule has 0 saturated heterocycles. The van der Waals surface area contributed by atoms with E-state index in [0.29, 0.717) is 19.1 Å². The molecule has 17 heavy (non-hydrogen) atoms. The van der Waals surface area contributed by atoms with Gasteiger partial charge in [0.25, 0.3) is 0 Å². The van der Waals surface area contributed by atoms with Crippen molar-refractivity contribution >= 4 is 6.03 Å². The van der Waals surface area contributed by atoms with Gasteiger partial charge < -0.3 is 15.4 Å². The van der Waals surface area contributed by atoms with Gasteiger partial charge >= 0.3 is 6.03 Å². The molecule has 2 amide bonds. The molecule has 92 valence electrons. The number of carbonyl (C=O) groups excluding carboxylic acids is 1. The summed E-state index contributed by atoms with van der Waals surface area (Å²) in [5.41, 5.74) is 0. The Hall–Kier alpha value is -1.71. The number of rotatable bonds is 6. The molecule has 0 aromatic heterocycles. The highest BCUT2D eigenvalue weighted by atomic mass is 16.5. The molecule has 1 fully saturated rings. The molecule has 4 nitrogen and oxygen atoms in total. The van der Waals surface area contributed by atoms with E-state index in [9.17, 15) is 4.79 Å². The molecule has 1 aliphatic carbocycles. The van der Waals surface area contributed by atoms with Crippen LogP contribution in [0.25, 0.3) is 0 Å². The summed E-state index contributed by atoms with van der Waals surface area (Å²) in [5, 5.41) is 5.60. The maximum atomic E-state index is 11.3. The molecule has 0 atom stereocenters. The van der Waals surface area contributed by atoms with Crippen molar-refractivity contribution in [2.75, 3.05) is 19.7 Å². The Morgan fingerprint density at radius 3 is 2.71 bits per heavy atom. The smallest absolute Gasteiger partial charge is 0.314 e. The normalized spacial score (nSPS) is 14.1. The fourth-order valence-corrected chi connectivity index (χ4v) is 1.47. The summed E-state index contributed by atoms with van der Waals surface area (Å²) in [6.45, 7) is 1.80. The predicted molar refractivity (Wildman–Crippen MR) is 66.1 cm³/mol. The van der Waals surface area contributed by atoms with Crippen molar-refractivity contribution < 1.29 is 9.53 Å². The van der Waals surface area contributed by atoms with Crippen molar-refractivity contribution in [3.8, 4) is 5.75 Å². The van der Waals surface area contributed by atoms with E-state index in [-0.39, 0.29) is 6.03 Å². The van der Waals surface area contributed by atoms with E-state index in [4.69, 9.17) is 4.74 Å². The maximum Gasteiger partial charge on any atom is 0.314 e. The Morgan fingerprint density at radius 1 is 1.24 bits per heavy atom. The van der Waals surface area contributed by atoms with E-state index in [1.807, 2.05) is 30.3 Å². The molecular formula is C13H18N2O2. The summed E-state index contributed by atoms with van der Waals surface area (Å²) in [7, 11) is 0. The summed E-state index contributed by atoms with van der Waals surface area (Å²) in [6.07, 6.45) is 2.49. The molecular weight excluding hydrogens is 216 g/mol. The van der Waals surface area contributed by atoms with Gasteiger partial charge in [-0.2, -0.15) is 0 Å². The first kappa shape index (κ1) is 11.8. The number of para-hydroxylation sites is 1. The summed E-state index contributed by atoms with van der Waals surface area (Å²) >= 11 is 0. The number of nitrogens with one attached hydrogen (secondary N) is 2. The number of hydrogen-bond donors (Lipinski definition) is 2. The van der Waals surface area contributed by atoms with Gasteiger partial charge in [-0.15, -0.1) is 0 Å². The Balaban J connectivity index is 1.51. The first-order valence-electron chi connectivity index (χ1n) is 6.04. The summed E-state index contributed by atoms with van der Waals surface area (Å²) in [5.74, 6) is 1.54. The van der Waals surface area contributed by atoms with Gasteiger partial charge in [0.05, 0.1) is 6.54 Å². The third-order valence-corrected chi connectivity index (χ3v) is 2.65. The fraction of sp³-hybridized carbons (Fsp3) is 0.462. The van der Waals surface area contributed by atoms with Crippen LogP contribution in [0, 0.1) is 5.92 Å². The highest BCUT2D eigenvalue weighted by Crippen LogP contribution is 2.27. The number of amides is 2. The lowest BCUT2D eigenvalue weighted by atomic mass is 10.3. The van der Waals surface area contributed by atoms with Crippen molar-refractivity contribution in [2.24, 2.45) is 5.92 Å². The minimum absolute atomic E-state index is 0.103. The highest BCUT2D eigenvalue weighted by molar-refractivity contribution is 5.73. The Labute approximate surface area is 101 Å². The number of carbonyl (C=O) groups is 1. The molecule has 1 saturated carbocycles. The van der Waals surface area contributed by atoms with Crippen LogP contribution in [0.1, 0.15) is 12.8 Å². The van der Waals surface area contributed by atoms with Gasteiger partial charge in [-0.05, 0) is 30.9 Å². The zero-order valence-electron chi connectivity index (χ0n) is 9.82. The van der Waals surface area contributed by atoms with Crippen LogP contribution in [0.5, 0.6) is 5.75 Å². The summed E-state index contributed by atoms with van der Waals surface area (Å²) < 4.78 is 5.45. The van der Waals surface area contributed by atoms with Crippen molar-refractivity contribution in [3.63, 3.8) is 0 Å². The first-order chi connectivity index (χ1) is 8.34. The SMILES string of the molecule is O=C(NCCOc1ccccc1)NCC1CC1. The van der Waals surface area contributed by atoms with Crippen LogP contribution < -0.4 is 15.4 Å². The second kappa shape index (κ2) is 6.13. The van der Waals surface area contributed by atoms with Gasteiger partial charge in [0.2, 0.25) is 0 Å². The molecule has 1 aliphatic rings. The minimum Gasteiger partial charge on any atom is -0.492 e. The van der Waals surface area contributed by atoms with Crippen LogP contribution in [-0.4, -0.2) is 25.7 Å². The second-order valence-corrected chi connectivity index (χ2v) is 4.24. The van der Waals surface area contributed by atoms with Gasteiger partial charge in [0, 0.05) is 6.54 Å². The van der Waals surface area contributed by atoms with Crippen LogP contribution >= 0.6 is 0 Å². The average Bonchev–Trinajstić information content (AvgIpc) is 3.17. The topological polar surface area (TPSA) is 50.4 Å². The average molecular weight is 234 g/mol. The lowest BCUT2D eigenvalue weighted by molar-refractivity contribution is 0.236. The second-order valence-electron chi connectivity index (χ2n) is 4.24. The molecule has 0 unspecified atom stereocenters. The first-order valence-corrected chi connectivity index (χ1v) is 6.04. The van der Waals surface area contributed by atoms with Gasteiger partial charge in [-0.1, -0.05) is 18.2 Å². The van der Waals surface area contributed by atoms with Gasteiger partial charge in [0.15, 0.2) is 0 Å². The third-order valence-electron chi connectivity index (χ3n) is 2.65. The molecule has 4 heteroatoms. The van der Waals surface area contributed by atoms with Crippen LogP contribution in [0.4, 0.5) is 4.79 Å². The van der Waals surface area contributed by atoms with Crippen molar-refractivity contribution in [3.05, 3.63) is 30.3 Å². The Kier molecular flexibility index (Phi) is 4.24. The highest BCUT2D eigenvalue weighted by Gasteiger charge is 2.21. The standard InChI is InChI=1S/C13H18N2O2/c16-13(15-10-11-6-7-11)14-8-9-17-12-4-2-1-3-5-12/h1-5,11H,6-10H2,(H2,14,15,16). The summed E-state index contributed by atoms with van der Waals surface area (Å²) in [6, 6.07) is 9.47. The van der Waals surface area contributed by atoms with E-state index in [1.165, 1.54) is 12.8 Å². The van der Waals surface area contributed by atoms with Crippen molar-refractivity contribution in [2.45, 2.75) is 12.8 Å². The molecule has 0 bridgehead atoms. The predicted octanol–water partition coefficient (Wildman–Crippen LogP) is 1.77. The molecule has 0 heterocycles. The molecule has 0 aliphatic heterocycles. The molecule has 1 aromatic carbocycles. The Bertz CT molecular complexity index is 350. The number of ether oxygens (including phenoxy) is 1.